The van der Waals surface area contributed by atoms with E-state index in [2.05, 4.69) is 10.3 Å². The number of nitrogens with zero attached hydrogens (tertiary/aromatic N) is 1. The van der Waals surface area contributed by atoms with Crippen molar-refractivity contribution in [2.24, 2.45) is 10.9 Å². The van der Waals surface area contributed by atoms with Crippen LogP contribution in [0.1, 0.15) is 32.6 Å². The van der Waals surface area contributed by atoms with E-state index in [4.69, 9.17) is 5.11 Å². The SMILES string of the molecule is CCCCC1C(=O)N=C(SCCC(=O)O)NC1=O. The minimum Gasteiger partial charge on any atom is -0.481 e. The predicted molar refractivity (Wildman–Crippen MR) is 68.3 cm³/mol. The number of hydrogen-bond donors (Lipinski definition) is 2. The summed E-state index contributed by atoms with van der Waals surface area (Å²) >= 11 is 1.08. The number of carboxylic acid groups (broad SMARTS) is 1. The first-order chi connectivity index (χ1) is 8.54. The fourth-order valence-corrected chi connectivity index (χ4v) is 2.27. The van der Waals surface area contributed by atoms with Crippen LogP contribution in [-0.4, -0.2) is 33.8 Å². The van der Waals surface area contributed by atoms with Gasteiger partial charge in [-0.2, -0.15) is 4.99 Å². The summed E-state index contributed by atoms with van der Waals surface area (Å²) in [5, 5.41) is 11.2. The molecule has 0 bridgehead atoms. The first-order valence-corrected chi connectivity index (χ1v) is 6.81. The Labute approximate surface area is 109 Å². The van der Waals surface area contributed by atoms with Crippen molar-refractivity contribution in [3.8, 4) is 0 Å². The summed E-state index contributed by atoms with van der Waals surface area (Å²) in [5.41, 5.74) is 0. The third kappa shape index (κ3) is 4.48. The lowest BCUT2D eigenvalue weighted by Gasteiger charge is -2.19. The van der Waals surface area contributed by atoms with Gasteiger partial charge in [0.25, 0.3) is 5.91 Å². The minimum absolute atomic E-state index is 0.0347. The molecule has 1 aliphatic rings. The van der Waals surface area contributed by atoms with E-state index in [0.717, 1.165) is 24.6 Å². The van der Waals surface area contributed by atoms with E-state index >= 15 is 0 Å². The quantitative estimate of drug-likeness (QED) is 0.704. The summed E-state index contributed by atoms with van der Waals surface area (Å²) in [6.07, 6.45) is 2.20. The number of aliphatic imine (C=N–C) groups is 1. The Bertz CT molecular complexity index is 381. The van der Waals surface area contributed by atoms with Crippen LogP contribution in [0.2, 0.25) is 0 Å². The van der Waals surface area contributed by atoms with Gasteiger partial charge in [-0.25, -0.2) is 0 Å². The van der Waals surface area contributed by atoms with E-state index in [0.29, 0.717) is 6.42 Å². The van der Waals surface area contributed by atoms with Crippen molar-refractivity contribution in [1.82, 2.24) is 5.32 Å². The Balaban J connectivity index is 2.51. The Morgan fingerprint density at radius 1 is 1.50 bits per heavy atom. The summed E-state index contributed by atoms with van der Waals surface area (Å²) in [4.78, 5) is 37.4. The van der Waals surface area contributed by atoms with Gasteiger partial charge in [0.1, 0.15) is 5.92 Å². The van der Waals surface area contributed by atoms with Crippen molar-refractivity contribution in [3.05, 3.63) is 0 Å². The van der Waals surface area contributed by atoms with Gasteiger partial charge in [0.05, 0.1) is 6.42 Å². The molecule has 7 heteroatoms. The van der Waals surface area contributed by atoms with Gasteiger partial charge >= 0.3 is 5.97 Å². The number of thioether (sulfide) groups is 1. The molecule has 2 N–H and O–H groups in total. The van der Waals surface area contributed by atoms with Crippen LogP contribution in [0, 0.1) is 5.92 Å². The lowest BCUT2D eigenvalue weighted by atomic mass is 10.00. The lowest BCUT2D eigenvalue weighted by Crippen LogP contribution is -2.42. The van der Waals surface area contributed by atoms with E-state index in [-0.39, 0.29) is 23.2 Å². The summed E-state index contributed by atoms with van der Waals surface area (Å²) in [5.74, 6) is -2.08. The molecule has 100 valence electrons. The monoisotopic (exact) mass is 272 g/mol. The van der Waals surface area contributed by atoms with Crippen LogP contribution in [-0.2, 0) is 14.4 Å². The van der Waals surface area contributed by atoms with E-state index in [1.807, 2.05) is 6.92 Å². The first kappa shape index (κ1) is 14.7. The Kier molecular flexibility index (Phi) is 5.84. The van der Waals surface area contributed by atoms with Crippen molar-refractivity contribution >= 4 is 34.7 Å². The van der Waals surface area contributed by atoms with E-state index in [1.165, 1.54) is 0 Å². The second kappa shape index (κ2) is 7.15. The smallest absolute Gasteiger partial charge is 0.304 e. The van der Waals surface area contributed by atoms with Crippen molar-refractivity contribution in [2.75, 3.05) is 5.75 Å². The molecule has 0 radical (unpaired) electrons. The molecule has 0 fully saturated rings. The summed E-state index contributed by atoms with van der Waals surface area (Å²) in [6.45, 7) is 1.99. The van der Waals surface area contributed by atoms with Gasteiger partial charge in [-0.3, -0.25) is 14.4 Å². The fraction of sp³-hybridized carbons (Fsp3) is 0.636. The first-order valence-electron chi connectivity index (χ1n) is 5.82. The third-order valence-electron chi connectivity index (χ3n) is 2.46. The normalized spacial score (nSPS) is 19.4. The molecule has 0 aromatic rings. The summed E-state index contributed by atoms with van der Waals surface area (Å²) in [6, 6.07) is 0. The number of amides is 2. The zero-order chi connectivity index (χ0) is 13.5. The Hall–Kier alpha value is -1.37. The highest BCUT2D eigenvalue weighted by Crippen LogP contribution is 2.17. The lowest BCUT2D eigenvalue weighted by molar-refractivity contribution is -0.136. The number of amidine groups is 1. The molecule has 1 heterocycles. The largest absolute Gasteiger partial charge is 0.481 e. The van der Waals surface area contributed by atoms with Crippen molar-refractivity contribution in [2.45, 2.75) is 32.6 Å². The fourth-order valence-electron chi connectivity index (χ4n) is 1.48. The van der Waals surface area contributed by atoms with Crippen LogP contribution in [0.25, 0.3) is 0 Å². The molecule has 0 spiro atoms. The van der Waals surface area contributed by atoms with E-state index in [9.17, 15) is 14.4 Å². The molecule has 0 aromatic heterocycles. The molecule has 6 nitrogen and oxygen atoms in total. The highest BCUT2D eigenvalue weighted by Gasteiger charge is 2.31. The number of hydrogen-bond acceptors (Lipinski definition) is 4. The van der Waals surface area contributed by atoms with Crippen LogP contribution in [0.4, 0.5) is 0 Å². The molecule has 18 heavy (non-hydrogen) atoms. The maximum Gasteiger partial charge on any atom is 0.304 e. The molecule has 0 saturated carbocycles. The molecule has 1 rings (SSSR count). The maximum atomic E-state index is 11.7. The second-order valence-corrected chi connectivity index (χ2v) is 5.02. The Morgan fingerprint density at radius 3 is 2.78 bits per heavy atom. The van der Waals surface area contributed by atoms with Crippen LogP contribution in [0.3, 0.4) is 0 Å². The molecule has 0 saturated heterocycles. The average molecular weight is 272 g/mol. The molecule has 1 unspecified atom stereocenters. The number of aliphatic carboxylic acids is 1. The number of nitrogens with one attached hydrogen (secondary N) is 1. The molecule has 1 aliphatic heterocycles. The van der Waals surface area contributed by atoms with Crippen LogP contribution in [0.15, 0.2) is 4.99 Å². The number of rotatable bonds is 6. The average Bonchev–Trinajstić information content (AvgIpc) is 2.27. The van der Waals surface area contributed by atoms with E-state index in [1.54, 1.807) is 0 Å². The van der Waals surface area contributed by atoms with Crippen molar-refractivity contribution < 1.29 is 19.5 Å². The topological polar surface area (TPSA) is 95.8 Å². The van der Waals surface area contributed by atoms with Gasteiger partial charge in [-0.05, 0) is 6.42 Å². The number of carbonyl (C=O) groups is 3. The minimum atomic E-state index is -0.919. The van der Waals surface area contributed by atoms with Gasteiger partial charge in [-0.1, -0.05) is 31.5 Å². The summed E-state index contributed by atoms with van der Waals surface area (Å²) < 4.78 is 0. The van der Waals surface area contributed by atoms with Crippen LogP contribution < -0.4 is 5.32 Å². The molecule has 2 amide bonds. The second-order valence-electron chi connectivity index (χ2n) is 3.93. The number of unbranched alkanes of at least 4 members (excludes halogenated alkanes) is 1. The highest BCUT2D eigenvalue weighted by molar-refractivity contribution is 8.13. The highest BCUT2D eigenvalue weighted by atomic mass is 32.2. The van der Waals surface area contributed by atoms with Gasteiger partial charge < -0.3 is 10.4 Å². The van der Waals surface area contributed by atoms with Gasteiger partial charge in [-0.15, -0.1) is 0 Å². The zero-order valence-electron chi connectivity index (χ0n) is 10.1. The molecular weight excluding hydrogens is 256 g/mol. The molecule has 1 atom stereocenters. The van der Waals surface area contributed by atoms with Gasteiger partial charge in [0.2, 0.25) is 5.91 Å². The van der Waals surface area contributed by atoms with Gasteiger partial charge in [0.15, 0.2) is 5.17 Å². The standard InChI is InChI=1S/C11H16N2O4S/c1-2-3-4-7-9(16)12-11(13-10(7)17)18-6-5-8(14)15/h7H,2-6H2,1H3,(H,14,15)(H,12,13,16,17). The zero-order valence-corrected chi connectivity index (χ0v) is 11.0. The van der Waals surface area contributed by atoms with Crippen LogP contribution in [0.5, 0.6) is 0 Å². The molecule has 0 aromatic carbocycles. The number of carboxylic acids is 1. The van der Waals surface area contributed by atoms with Crippen molar-refractivity contribution in [1.29, 1.82) is 0 Å². The van der Waals surface area contributed by atoms with Gasteiger partial charge in [0, 0.05) is 5.75 Å². The van der Waals surface area contributed by atoms with Crippen molar-refractivity contribution in [3.63, 3.8) is 0 Å². The molecule has 0 aliphatic carbocycles. The summed E-state index contributed by atoms with van der Waals surface area (Å²) in [7, 11) is 0. The number of carbonyl (C=O) groups excluding carboxylic acids is 2. The molecular formula is C11H16N2O4S. The van der Waals surface area contributed by atoms with Crippen LogP contribution >= 0.6 is 11.8 Å². The van der Waals surface area contributed by atoms with E-state index < -0.39 is 17.8 Å². The maximum absolute atomic E-state index is 11.7. The Morgan fingerprint density at radius 2 is 2.22 bits per heavy atom. The third-order valence-corrected chi connectivity index (χ3v) is 3.33. The predicted octanol–water partition coefficient (Wildman–Crippen LogP) is 1.01.